The molecular weight excluding hydrogens is 286 g/mol. The normalized spacial score (nSPS) is 10.4. The Balaban J connectivity index is 1.84. The molecule has 21 heavy (non-hydrogen) atoms. The number of carbonyl (C=O) groups is 1. The van der Waals surface area contributed by atoms with Gasteiger partial charge in [0.15, 0.2) is 0 Å². The summed E-state index contributed by atoms with van der Waals surface area (Å²) in [6, 6.07) is 6.03. The van der Waals surface area contributed by atoms with Crippen LogP contribution in [0.2, 0.25) is 0 Å². The quantitative estimate of drug-likeness (QED) is 0.833. The minimum absolute atomic E-state index is 0.132. The van der Waals surface area contributed by atoms with Crippen LogP contribution in [0.15, 0.2) is 18.2 Å². The lowest BCUT2D eigenvalue weighted by Gasteiger charge is -2.12. The lowest BCUT2D eigenvalue weighted by molar-refractivity contribution is 0.0950. The highest BCUT2D eigenvalue weighted by Crippen LogP contribution is 2.21. The highest BCUT2D eigenvalue weighted by atomic mass is 32.1. The number of para-hydroxylation sites is 1. The summed E-state index contributed by atoms with van der Waals surface area (Å²) in [6.07, 6.45) is 0.707. The summed E-state index contributed by atoms with van der Waals surface area (Å²) in [6.45, 7) is 6.87. The Morgan fingerprint density at radius 2 is 2.05 bits per heavy atom. The Labute approximate surface area is 128 Å². The van der Waals surface area contributed by atoms with E-state index in [1.807, 2.05) is 39.0 Å². The monoisotopic (exact) mass is 305 g/mol. The molecule has 112 valence electrons. The van der Waals surface area contributed by atoms with Gasteiger partial charge in [0, 0.05) is 0 Å². The van der Waals surface area contributed by atoms with Crippen LogP contribution in [0.5, 0.6) is 5.75 Å². The van der Waals surface area contributed by atoms with Gasteiger partial charge in [0.25, 0.3) is 5.91 Å². The van der Waals surface area contributed by atoms with Gasteiger partial charge in [-0.2, -0.15) is 0 Å². The fraction of sp³-hybridized carbons (Fsp3) is 0.400. The maximum Gasteiger partial charge on any atom is 0.265 e. The standard InChI is InChI=1S/C15H19N3O2S/c1-4-12-14(21-18-17-12)15(19)16-8-9-20-13-10(2)6-5-7-11(13)3/h5-7H,4,8-9H2,1-3H3,(H,16,19). The topological polar surface area (TPSA) is 64.1 Å². The molecule has 1 aromatic heterocycles. The van der Waals surface area contributed by atoms with Crippen LogP contribution < -0.4 is 10.1 Å². The number of aromatic nitrogens is 2. The first-order valence-corrected chi connectivity index (χ1v) is 7.69. The molecule has 1 N–H and O–H groups in total. The highest BCUT2D eigenvalue weighted by Gasteiger charge is 2.14. The molecule has 0 spiro atoms. The Hall–Kier alpha value is -1.95. The Kier molecular flexibility index (Phi) is 5.27. The average molecular weight is 305 g/mol. The number of nitrogens with one attached hydrogen (secondary N) is 1. The Bertz CT molecular complexity index is 605. The third kappa shape index (κ3) is 3.78. The van der Waals surface area contributed by atoms with Crippen molar-refractivity contribution < 1.29 is 9.53 Å². The summed E-state index contributed by atoms with van der Waals surface area (Å²) in [5, 5.41) is 6.77. The Morgan fingerprint density at radius 1 is 1.33 bits per heavy atom. The molecule has 6 heteroatoms. The molecule has 1 heterocycles. The van der Waals surface area contributed by atoms with Gasteiger partial charge in [-0.3, -0.25) is 4.79 Å². The molecule has 0 radical (unpaired) electrons. The maximum atomic E-state index is 12.0. The van der Waals surface area contributed by atoms with Crippen LogP contribution in [0.4, 0.5) is 0 Å². The second-order valence-corrected chi connectivity index (χ2v) is 5.48. The molecule has 2 rings (SSSR count). The van der Waals surface area contributed by atoms with Gasteiger partial charge >= 0.3 is 0 Å². The smallest absolute Gasteiger partial charge is 0.265 e. The zero-order chi connectivity index (χ0) is 15.2. The molecular formula is C15H19N3O2S. The minimum atomic E-state index is -0.132. The summed E-state index contributed by atoms with van der Waals surface area (Å²) in [4.78, 5) is 12.6. The largest absolute Gasteiger partial charge is 0.491 e. The van der Waals surface area contributed by atoms with Gasteiger partial charge in [0.2, 0.25) is 0 Å². The number of amides is 1. The summed E-state index contributed by atoms with van der Waals surface area (Å²) in [5.74, 6) is 0.757. The van der Waals surface area contributed by atoms with E-state index < -0.39 is 0 Å². The zero-order valence-electron chi connectivity index (χ0n) is 12.5. The van der Waals surface area contributed by atoms with Crippen LogP contribution in [-0.2, 0) is 6.42 Å². The van der Waals surface area contributed by atoms with Gasteiger partial charge in [0.1, 0.15) is 17.2 Å². The first kappa shape index (κ1) is 15.4. The second-order valence-electron chi connectivity index (χ2n) is 4.73. The summed E-state index contributed by atoms with van der Waals surface area (Å²) < 4.78 is 9.56. The Morgan fingerprint density at radius 3 is 2.71 bits per heavy atom. The van der Waals surface area contributed by atoms with Gasteiger partial charge < -0.3 is 10.1 Å². The highest BCUT2D eigenvalue weighted by molar-refractivity contribution is 7.08. The molecule has 0 atom stereocenters. The molecule has 1 amide bonds. The predicted octanol–water partition coefficient (Wildman–Crippen LogP) is 2.53. The summed E-state index contributed by atoms with van der Waals surface area (Å²) in [5.41, 5.74) is 2.94. The number of hydrogen-bond donors (Lipinski definition) is 1. The minimum Gasteiger partial charge on any atom is -0.491 e. The van der Waals surface area contributed by atoms with Crippen LogP contribution in [0.25, 0.3) is 0 Å². The number of carbonyl (C=O) groups excluding carboxylic acids is 1. The number of aryl methyl sites for hydroxylation is 3. The van der Waals surface area contributed by atoms with E-state index in [0.717, 1.165) is 34.1 Å². The molecule has 2 aromatic rings. The van der Waals surface area contributed by atoms with Crippen molar-refractivity contribution in [1.29, 1.82) is 0 Å². The SMILES string of the molecule is CCc1nnsc1C(=O)NCCOc1c(C)cccc1C. The van der Waals surface area contributed by atoms with Gasteiger partial charge in [-0.25, -0.2) is 0 Å². The van der Waals surface area contributed by atoms with E-state index >= 15 is 0 Å². The first-order valence-electron chi connectivity index (χ1n) is 6.92. The van der Waals surface area contributed by atoms with E-state index in [1.54, 1.807) is 0 Å². The molecule has 0 aliphatic carbocycles. The molecule has 0 bridgehead atoms. The lowest BCUT2D eigenvalue weighted by atomic mass is 10.1. The van der Waals surface area contributed by atoms with Crippen molar-refractivity contribution in [1.82, 2.24) is 14.9 Å². The maximum absolute atomic E-state index is 12.0. The van der Waals surface area contributed by atoms with Crippen LogP contribution in [0.1, 0.15) is 33.4 Å². The van der Waals surface area contributed by atoms with Crippen molar-refractivity contribution in [2.45, 2.75) is 27.2 Å². The molecule has 0 fully saturated rings. The van der Waals surface area contributed by atoms with E-state index in [4.69, 9.17) is 4.74 Å². The number of rotatable bonds is 6. The fourth-order valence-electron chi connectivity index (χ4n) is 2.04. The summed E-state index contributed by atoms with van der Waals surface area (Å²) >= 11 is 1.13. The van der Waals surface area contributed by atoms with Gasteiger partial charge in [-0.05, 0) is 42.9 Å². The molecule has 0 aliphatic heterocycles. The fourth-order valence-corrected chi connectivity index (χ4v) is 2.70. The number of ether oxygens (including phenoxy) is 1. The van der Waals surface area contributed by atoms with E-state index in [2.05, 4.69) is 14.9 Å². The number of nitrogens with zero attached hydrogens (tertiary/aromatic N) is 2. The number of hydrogen-bond acceptors (Lipinski definition) is 5. The predicted molar refractivity (Wildman–Crippen MR) is 83.0 cm³/mol. The van der Waals surface area contributed by atoms with E-state index in [0.29, 0.717) is 24.4 Å². The van der Waals surface area contributed by atoms with Crippen molar-refractivity contribution in [2.24, 2.45) is 0 Å². The van der Waals surface area contributed by atoms with Crippen LogP contribution in [-0.4, -0.2) is 28.6 Å². The molecule has 0 saturated heterocycles. The van der Waals surface area contributed by atoms with Gasteiger partial charge in [-0.15, -0.1) is 5.10 Å². The van der Waals surface area contributed by atoms with Crippen LogP contribution in [0.3, 0.4) is 0 Å². The van der Waals surface area contributed by atoms with E-state index in [1.165, 1.54) is 0 Å². The summed E-state index contributed by atoms with van der Waals surface area (Å²) in [7, 11) is 0. The van der Waals surface area contributed by atoms with Gasteiger partial charge in [-0.1, -0.05) is 29.6 Å². The third-order valence-electron chi connectivity index (χ3n) is 3.14. The van der Waals surface area contributed by atoms with Crippen molar-refractivity contribution >= 4 is 17.4 Å². The van der Waals surface area contributed by atoms with Gasteiger partial charge in [0.05, 0.1) is 12.2 Å². The second kappa shape index (κ2) is 7.17. The van der Waals surface area contributed by atoms with Crippen molar-refractivity contribution in [3.8, 4) is 5.75 Å². The van der Waals surface area contributed by atoms with E-state index in [-0.39, 0.29) is 5.91 Å². The average Bonchev–Trinajstić information content (AvgIpc) is 2.94. The van der Waals surface area contributed by atoms with Crippen LogP contribution in [0, 0.1) is 13.8 Å². The first-order chi connectivity index (χ1) is 10.1. The lowest BCUT2D eigenvalue weighted by Crippen LogP contribution is -2.28. The van der Waals surface area contributed by atoms with Crippen molar-refractivity contribution in [3.05, 3.63) is 39.9 Å². The molecule has 0 unspecified atom stereocenters. The van der Waals surface area contributed by atoms with Crippen molar-refractivity contribution in [2.75, 3.05) is 13.2 Å². The molecule has 5 nitrogen and oxygen atoms in total. The third-order valence-corrected chi connectivity index (χ3v) is 3.91. The van der Waals surface area contributed by atoms with Crippen LogP contribution >= 0.6 is 11.5 Å². The zero-order valence-corrected chi connectivity index (χ0v) is 13.3. The molecule has 0 aliphatic rings. The molecule has 0 saturated carbocycles. The molecule has 1 aromatic carbocycles. The van der Waals surface area contributed by atoms with E-state index in [9.17, 15) is 4.79 Å². The van der Waals surface area contributed by atoms with Crippen molar-refractivity contribution in [3.63, 3.8) is 0 Å². The number of benzene rings is 1.